The number of fused-ring (bicyclic) bond motifs is 6. The van der Waals surface area contributed by atoms with Crippen molar-refractivity contribution in [3.63, 3.8) is 0 Å². The minimum atomic E-state index is 0.0474. The van der Waals surface area contributed by atoms with E-state index in [-0.39, 0.29) is 24.6 Å². The molecule has 0 radical (unpaired) electrons. The fourth-order valence-electron chi connectivity index (χ4n) is 10.2. The van der Waals surface area contributed by atoms with Crippen LogP contribution in [-0.2, 0) is 4.74 Å². The molecule has 2 aliphatic heterocycles. The number of benzene rings is 2. The maximum absolute atomic E-state index is 6.57. The number of ether oxygens (including phenoxy) is 1. The van der Waals surface area contributed by atoms with Crippen LogP contribution in [0.5, 0.6) is 0 Å². The Morgan fingerprint density at radius 2 is 1.53 bits per heavy atom. The molecule has 3 N–H and O–H groups in total. The minimum Gasteiger partial charge on any atom is -0.490 e. The van der Waals surface area contributed by atoms with Crippen molar-refractivity contribution in [2.24, 2.45) is 17.8 Å². The third-order valence-electron chi connectivity index (χ3n) is 12.5. The second-order valence-electron chi connectivity index (χ2n) is 15.3. The summed E-state index contributed by atoms with van der Waals surface area (Å²) in [6.45, 7) is 0. The fourth-order valence-corrected chi connectivity index (χ4v) is 10.2. The summed E-state index contributed by atoms with van der Waals surface area (Å²) in [5.41, 5.74) is 12.1. The van der Waals surface area contributed by atoms with Gasteiger partial charge in [0.2, 0.25) is 0 Å². The van der Waals surface area contributed by atoms with Gasteiger partial charge in [-0.25, -0.2) is 0 Å². The van der Waals surface area contributed by atoms with Crippen LogP contribution < -0.4 is 16.0 Å². The summed E-state index contributed by atoms with van der Waals surface area (Å²) in [6.07, 6.45) is 35.7. The molecule has 7 unspecified atom stereocenters. The van der Waals surface area contributed by atoms with Crippen LogP contribution in [0.4, 0.5) is 0 Å². The third-order valence-corrected chi connectivity index (χ3v) is 12.5. The van der Waals surface area contributed by atoms with E-state index in [1.807, 2.05) is 0 Å². The van der Waals surface area contributed by atoms with E-state index in [0.29, 0.717) is 17.8 Å². The van der Waals surface area contributed by atoms with Crippen LogP contribution in [0.25, 0.3) is 10.8 Å². The Morgan fingerprint density at radius 1 is 0.673 bits per heavy atom. The first-order chi connectivity index (χ1) is 24.3. The van der Waals surface area contributed by atoms with Gasteiger partial charge < -0.3 is 4.74 Å². The van der Waals surface area contributed by atoms with Gasteiger partial charge in [-0.05, 0) is 132 Å². The standard InChI is InChI=1S/C45H47N3O/c1-2-11-30(12-3-1)43-46-44(34-21-18-28-10-4-5-13-31(28)26-34)48-45(47-43)37-15-7-6-14-35(37)32-22-24-36-33(27-32)20-19-29-23-25-40-42(41(29)36)38-16-8-9-17-39(38)49-40/h1-2,4-6,8,10-11,13-14,16,18,21,23,25-27,29,40-48H,3,7,9,12,15,17,19-20,22,24H2. The zero-order valence-corrected chi connectivity index (χ0v) is 28.3. The van der Waals surface area contributed by atoms with Gasteiger partial charge in [-0.3, -0.25) is 16.0 Å². The smallest absolute Gasteiger partial charge is 0.124 e. The minimum absolute atomic E-state index is 0.0474. The molecule has 248 valence electrons. The maximum atomic E-state index is 6.57. The van der Waals surface area contributed by atoms with Crippen molar-refractivity contribution in [1.29, 1.82) is 0 Å². The van der Waals surface area contributed by atoms with Gasteiger partial charge in [0.1, 0.15) is 11.9 Å². The molecule has 10 rings (SSSR count). The summed E-state index contributed by atoms with van der Waals surface area (Å²) in [5.74, 6) is 2.98. The summed E-state index contributed by atoms with van der Waals surface area (Å²) in [6, 6.07) is 15.6. The monoisotopic (exact) mass is 645 g/mol. The van der Waals surface area contributed by atoms with E-state index < -0.39 is 0 Å². The number of rotatable bonds is 4. The Bertz CT molecular complexity index is 1980. The summed E-state index contributed by atoms with van der Waals surface area (Å²) in [4.78, 5) is 0. The molecule has 8 aliphatic rings. The van der Waals surface area contributed by atoms with Gasteiger partial charge in [0, 0.05) is 12.3 Å². The molecule has 7 atom stereocenters. The summed E-state index contributed by atoms with van der Waals surface area (Å²) >= 11 is 0. The molecular weight excluding hydrogens is 599 g/mol. The van der Waals surface area contributed by atoms with Crippen molar-refractivity contribution < 1.29 is 4.74 Å². The molecule has 49 heavy (non-hydrogen) atoms. The van der Waals surface area contributed by atoms with E-state index in [9.17, 15) is 0 Å². The predicted octanol–water partition coefficient (Wildman–Crippen LogP) is 9.43. The lowest BCUT2D eigenvalue weighted by Gasteiger charge is -2.44. The molecule has 0 spiro atoms. The van der Waals surface area contributed by atoms with Crippen LogP contribution in [0.3, 0.4) is 0 Å². The van der Waals surface area contributed by atoms with Gasteiger partial charge in [0.15, 0.2) is 0 Å². The fraction of sp³-hybridized carbons (Fsp3) is 0.378. The zero-order valence-electron chi connectivity index (χ0n) is 28.3. The molecule has 0 aromatic heterocycles. The zero-order chi connectivity index (χ0) is 32.3. The van der Waals surface area contributed by atoms with Crippen LogP contribution in [-0.4, -0.2) is 18.4 Å². The molecule has 0 amide bonds. The van der Waals surface area contributed by atoms with Crippen molar-refractivity contribution in [2.75, 3.05) is 0 Å². The van der Waals surface area contributed by atoms with Gasteiger partial charge in [-0.1, -0.05) is 96.7 Å². The third kappa shape index (κ3) is 5.31. The Morgan fingerprint density at radius 3 is 2.47 bits per heavy atom. The molecular formula is C45H47N3O. The van der Waals surface area contributed by atoms with E-state index in [1.165, 1.54) is 69.2 Å². The Balaban J connectivity index is 1.00. The summed E-state index contributed by atoms with van der Waals surface area (Å²) in [5, 5.41) is 14.6. The first-order valence-corrected chi connectivity index (χ1v) is 19.0. The second kappa shape index (κ2) is 12.4. The van der Waals surface area contributed by atoms with Crippen LogP contribution in [0.2, 0.25) is 0 Å². The number of allylic oxidation sites excluding steroid dienone is 14. The molecule has 2 aromatic carbocycles. The molecule has 4 heteroatoms. The molecule has 4 nitrogen and oxygen atoms in total. The van der Waals surface area contributed by atoms with E-state index in [1.54, 1.807) is 11.1 Å². The van der Waals surface area contributed by atoms with Crippen molar-refractivity contribution in [2.45, 2.75) is 88.8 Å². The molecule has 6 aliphatic carbocycles. The van der Waals surface area contributed by atoms with E-state index in [0.717, 1.165) is 44.9 Å². The molecule has 2 aromatic rings. The first-order valence-electron chi connectivity index (χ1n) is 19.0. The van der Waals surface area contributed by atoms with E-state index >= 15 is 0 Å². The normalized spacial score (nSPS) is 33.5. The second-order valence-corrected chi connectivity index (χ2v) is 15.3. The highest BCUT2D eigenvalue weighted by atomic mass is 16.5. The quantitative estimate of drug-likeness (QED) is 0.290. The van der Waals surface area contributed by atoms with Crippen molar-refractivity contribution >= 4 is 10.8 Å². The highest BCUT2D eigenvalue weighted by Crippen LogP contribution is 2.55. The Hall–Kier alpha value is -3.96. The molecule has 1 fully saturated rings. The molecule has 1 saturated heterocycles. The number of nitrogens with one attached hydrogen (secondary N) is 3. The average Bonchev–Trinajstić information content (AvgIpc) is 3.56. The predicted molar refractivity (Wildman–Crippen MR) is 199 cm³/mol. The van der Waals surface area contributed by atoms with Crippen LogP contribution in [0.1, 0.15) is 75.9 Å². The molecule has 0 saturated carbocycles. The van der Waals surface area contributed by atoms with Crippen LogP contribution in [0, 0.1) is 17.8 Å². The largest absolute Gasteiger partial charge is 0.490 e. The Kier molecular flexibility index (Phi) is 7.58. The maximum Gasteiger partial charge on any atom is 0.124 e. The van der Waals surface area contributed by atoms with Crippen molar-refractivity contribution in [3.05, 3.63) is 154 Å². The summed E-state index contributed by atoms with van der Waals surface area (Å²) < 4.78 is 6.57. The first kappa shape index (κ1) is 29.9. The Labute approximate surface area is 290 Å². The van der Waals surface area contributed by atoms with Gasteiger partial charge in [-0.15, -0.1) is 0 Å². The number of hydrogen-bond donors (Lipinski definition) is 3. The lowest BCUT2D eigenvalue weighted by atomic mass is 9.61. The van der Waals surface area contributed by atoms with E-state index in [2.05, 4.69) is 119 Å². The topological polar surface area (TPSA) is 45.3 Å². The van der Waals surface area contributed by atoms with Gasteiger partial charge >= 0.3 is 0 Å². The summed E-state index contributed by atoms with van der Waals surface area (Å²) in [7, 11) is 0. The van der Waals surface area contributed by atoms with Gasteiger partial charge in [0.25, 0.3) is 0 Å². The van der Waals surface area contributed by atoms with E-state index in [4.69, 9.17) is 4.74 Å². The highest BCUT2D eigenvalue weighted by Gasteiger charge is 2.48. The molecule has 2 heterocycles. The SMILES string of the molecule is C1=CCCC(C2NC(C3=C(C4=CC5=C(CC4)C4C(C=CC6OC7=C(C=CCC7)C64)CC5)C=CCC3)NC(c3ccc4ccccc4c3)N2)=C1. The van der Waals surface area contributed by atoms with Crippen LogP contribution >= 0.6 is 0 Å². The van der Waals surface area contributed by atoms with Crippen molar-refractivity contribution in [3.8, 4) is 0 Å². The lowest BCUT2D eigenvalue weighted by molar-refractivity contribution is 0.107. The van der Waals surface area contributed by atoms with Crippen molar-refractivity contribution in [1.82, 2.24) is 16.0 Å². The molecule has 0 bridgehead atoms. The van der Waals surface area contributed by atoms with Gasteiger partial charge in [-0.2, -0.15) is 0 Å². The average molecular weight is 646 g/mol. The lowest BCUT2D eigenvalue weighted by Crippen LogP contribution is -2.64. The number of hydrogen-bond acceptors (Lipinski definition) is 4. The van der Waals surface area contributed by atoms with Crippen LogP contribution in [0.15, 0.2) is 148 Å². The van der Waals surface area contributed by atoms with Gasteiger partial charge in [0.05, 0.1) is 18.5 Å². The highest BCUT2D eigenvalue weighted by molar-refractivity contribution is 5.83.